The smallest absolute Gasteiger partial charge is 0.0746 e. The molecule has 1 saturated carbocycles. The quantitative estimate of drug-likeness (QED) is 0.846. The molecule has 4 rings (SSSR count). The molecule has 1 heterocycles. The average Bonchev–Trinajstić information content (AvgIpc) is 2.81. The SMILES string of the molecule is C1=CC2C(C1)CC2NCc1cccc2cccnc12. The number of fused-ring (bicyclic) bond motifs is 2. The van der Waals surface area contributed by atoms with Crippen molar-refractivity contribution in [2.24, 2.45) is 11.8 Å². The summed E-state index contributed by atoms with van der Waals surface area (Å²) >= 11 is 0. The Morgan fingerprint density at radius 3 is 3.11 bits per heavy atom. The molecular weight excluding hydrogens is 232 g/mol. The first kappa shape index (κ1) is 11.2. The summed E-state index contributed by atoms with van der Waals surface area (Å²) in [4.78, 5) is 4.52. The van der Waals surface area contributed by atoms with E-state index in [1.165, 1.54) is 23.8 Å². The molecule has 3 atom stereocenters. The fourth-order valence-corrected chi connectivity index (χ4v) is 3.50. The molecule has 1 fully saturated rings. The molecule has 1 N–H and O–H groups in total. The molecule has 3 unspecified atom stereocenters. The normalized spacial score (nSPS) is 28.3. The number of hydrogen-bond donors (Lipinski definition) is 1. The highest BCUT2D eigenvalue weighted by Gasteiger charge is 2.40. The van der Waals surface area contributed by atoms with Crippen molar-refractivity contribution in [2.45, 2.75) is 25.4 Å². The van der Waals surface area contributed by atoms with Gasteiger partial charge in [0.15, 0.2) is 0 Å². The van der Waals surface area contributed by atoms with Crippen molar-refractivity contribution in [3.63, 3.8) is 0 Å². The summed E-state index contributed by atoms with van der Waals surface area (Å²) in [5.74, 6) is 1.70. The molecule has 96 valence electrons. The molecule has 2 aliphatic carbocycles. The first-order valence-corrected chi connectivity index (χ1v) is 7.14. The van der Waals surface area contributed by atoms with E-state index in [9.17, 15) is 0 Å². The van der Waals surface area contributed by atoms with Crippen LogP contribution in [0.3, 0.4) is 0 Å². The van der Waals surface area contributed by atoms with E-state index in [4.69, 9.17) is 0 Å². The summed E-state index contributed by atoms with van der Waals surface area (Å²) in [7, 11) is 0. The highest BCUT2D eigenvalue weighted by atomic mass is 14.9. The van der Waals surface area contributed by atoms with Crippen molar-refractivity contribution < 1.29 is 0 Å². The molecule has 1 aromatic heterocycles. The van der Waals surface area contributed by atoms with Crippen LogP contribution in [0.25, 0.3) is 10.9 Å². The van der Waals surface area contributed by atoms with Crippen LogP contribution in [0.1, 0.15) is 18.4 Å². The first-order valence-electron chi connectivity index (χ1n) is 7.14. The van der Waals surface area contributed by atoms with Gasteiger partial charge in [0, 0.05) is 24.2 Å². The van der Waals surface area contributed by atoms with Crippen LogP contribution in [0, 0.1) is 11.8 Å². The predicted molar refractivity (Wildman–Crippen MR) is 77.7 cm³/mol. The Kier molecular flexibility index (Phi) is 2.63. The molecule has 2 heteroatoms. The number of aromatic nitrogens is 1. The summed E-state index contributed by atoms with van der Waals surface area (Å²) in [6.45, 7) is 0.927. The zero-order chi connectivity index (χ0) is 12.7. The molecular formula is C17H18N2. The van der Waals surface area contributed by atoms with E-state index in [0.717, 1.165) is 23.9 Å². The minimum absolute atomic E-state index is 0.669. The Labute approximate surface area is 113 Å². The van der Waals surface area contributed by atoms with Crippen LogP contribution in [-0.4, -0.2) is 11.0 Å². The second-order valence-corrected chi connectivity index (χ2v) is 5.72. The van der Waals surface area contributed by atoms with E-state index in [0.29, 0.717) is 6.04 Å². The summed E-state index contributed by atoms with van der Waals surface area (Å²) in [6.07, 6.45) is 9.24. The van der Waals surface area contributed by atoms with Gasteiger partial charge in [0.1, 0.15) is 0 Å². The zero-order valence-electron chi connectivity index (χ0n) is 10.9. The molecule has 0 amide bonds. The lowest BCUT2D eigenvalue weighted by molar-refractivity contribution is 0.162. The van der Waals surface area contributed by atoms with Crippen molar-refractivity contribution in [3.05, 3.63) is 54.2 Å². The van der Waals surface area contributed by atoms with Gasteiger partial charge in [-0.2, -0.15) is 0 Å². The number of para-hydroxylation sites is 1. The Morgan fingerprint density at radius 1 is 1.21 bits per heavy atom. The van der Waals surface area contributed by atoms with Crippen LogP contribution in [0.4, 0.5) is 0 Å². The minimum Gasteiger partial charge on any atom is -0.309 e. The summed E-state index contributed by atoms with van der Waals surface area (Å²) < 4.78 is 0. The van der Waals surface area contributed by atoms with Crippen LogP contribution < -0.4 is 5.32 Å². The lowest BCUT2D eigenvalue weighted by Crippen LogP contribution is -2.47. The predicted octanol–water partition coefficient (Wildman–Crippen LogP) is 3.29. The van der Waals surface area contributed by atoms with Gasteiger partial charge < -0.3 is 5.32 Å². The molecule has 0 bridgehead atoms. The Balaban J connectivity index is 1.51. The molecule has 0 spiro atoms. The molecule has 19 heavy (non-hydrogen) atoms. The monoisotopic (exact) mass is 250 g/mol. The number of allylic oxidation sites excluding steroid dienone is 1. The average molecular weight is 250 g/mol. The van der Waals surface area contributed by atoms with Crippen molar-refractivity contribution in [3.8, 4) is 0 Å². The van der Waals surface area contributed by atoms with Gasteiger partial charge in [-0.05, 0) is 36.3 Å². The fourth-order valence-electron chi connectivity index (χ4n) is 3.50. The number of nitrogens with one attached hydrogen (secondary N) is 1. The van der Waals surface area contributed by atoms with Crippen molar-refractivity contribution in [2.75, 3.05) is 0 Å². The summed E-state index contributed by atoms with van der Waals surface area (Å²) in [5.41, 5.74) is 2.44. The van der Waals surface area contributed by atoms with Gasteiger partial charge in [0.25, 0.3) is 0 Å². The minimum atomic E-state index is 0.669. The lowest BCUT2D eigenvalue weighted by atomic mass is 9.71. The molecule has 2 aromatic rings. The van der Waals surface area contributed by atoms with E-state index in [1.54, 1.807) is 0 Å². The van der Waals surface area contributed by atoms with Gasteiger partial charge in [-0.3, -0.25) is 4.98 Å². The van der Waals surface area contributed by atoms with Gasteiger partial charge in [-0.15, -0.1) is 0 Å². The summed E-state index contributed by atoms with van der Waals surface area (Å²) in [5, 5.41) is 4.94. The maximum atomic E-state index is 4.52. The third-order valence-corrected chi connectivity index (χ3v) is 4.63. The molecule has 1 aromatic carbocycles. The number of hydrogen-bond acceptors (Lipinski definition) is 2. The Bertz CT molecular complexity index is 627. The van der Waals surface area contributed by atoms with Crippen LogP contribution >= 0.6 is 0 Å². The Morgan fingerprint density at radius 2 is 2.16 bits per heavy atom. The standard InChI is InChI=1S/C17H18N2/c1-4-12-7-3-9-18-17(12)14(6-1)11-19-16-10-13-5-2-8-15(13)16/h1-4,6-9,13,15-16,19H,5,10-11H2. The first-order chi connectivity index (χ1) is 9.42. The second kappa shape index (κ2) is 4.46. The lowest BCUT2D eigenvalue weighted by Gasteiger charge is -2.40. The third kappa shape index (κ3) is 1.87. The van der Waals surface area contributed by atoms with Crippen molar-refractivity contribution in [1.29, 1.82) is 0 Å². The molecule has 2 aliphatic rings. The van der Waals surface area contributed by atoms with Crippen LogP contribution in [0.2, 0.25) is 0 Å². The van der Waals surface area contributed by atoms with Gasteiger partial charge in [-0.25, -0.2) is 0 Å². The number of rotatable bonds is 3. The van der Waals surface area contributed by atoms with Crippen molar-refractivity contribution in [1.82, 2.24) is 10.3 Å². The molecule has 0 radical (unpaired) electrons. The Hall–Kier alpha value is -1.67. The van der Waals surface area contributed by atoms with Gasteiger partial charge >= 0.3 is 0 Å². The van der Waals surface area contributed by atoms with E-state index in [-0.39, 0.29) is 0 Å². The van der Waals surface area contributed by atoms with Crippen LogP contribution in [0.15, 0.2) is 48.7 Å². The topological polar surface area (TPSA) is 24.9 Å². The number of nitrogens with zero attached hydrogens (tertiary/aromatic N) is 1. The largest absolute Gasteiger partial charge is 0.309 e. The van der Waals surface area contributed by atoms with E-state index < -0.39 is 0 Å². The highest BCUT2D eigenvalue weighted by molar-refractivity contribution is 5.81. The highest BCUT2D eigenvalue weighted by Crippen LogP contribution is 2.42. The second-order valence-electron chi connectivity index (χ2n) is 5.72. The van der Waals surface area contributed by atoms with E-state index >= 15 is 0 Å². The van der Waals surface area contributed by atoms with E-state index in [2.05, 4.69) is 46.7 Å². The molecule has 0 aliphatic heterocycles. The third-order valence-electron chi connectivity index (χ3n) is 4.63. The maximum absolute atomic E-state index is 4.52. The van der Waals surface area contributed by atoms with Gasteiger partial charge in [0.05, 0.1) is 5.52 Å². The number of benzene rings is 1. The van der Waals surface area contributed by atoms with Gasteiger partial charge in [0.2, 0.25) is 0 Å². The van der Waals surface area contributed by atoms with Gasteiger partial charge in [-0.1, -0.05) is 36.4 Å². The molecule has 0 saturated heterocycles. The zero-order valence-corrected chi connectivity index (χ0v) is 10.9. The van der Waals surface area contributed by atoms with Crippen molar-refractivity contribution >= 4 is 10.9 Å². The van der Waals surface area contributed by atoms with Crippen LogP contribution in [0.5, 0.6) is 0 Å². The fraction of sp³-hybridized carbons (Fsp3) is 0.353. The summed E-state index contributed by atoms with van der Waals surface area (Å²) in [6, 6.07) is 11.2. The van der Waals surface area contributed by atoms with Crippen LogP contribution in [-0.2, 0) is 6.54 Å². The van der Waals surface area contributed by atoms with E-state index in [1.807, 2.05) is 12.3 Å². The maximum Gasteiger partial charge on any atom is 0.0746 e. The molecule has 2 nitrogen and oxygen atoms in total. The number of pyridine rings is 1.